The fourth-order valence-corrected chi connectivity index (χ4v) is 12.4. The van der Waals surface area contributed by atoms with Crippen LogP contribution in [0.3, 0.4) is 0 Å². The van der Waals surface area contributed by atoms with E-state index in [1.54, 1.807) is 52.7 Å². The van der Waals surface area contributed by atoms with E-state index in [1.165, 1.54) is 25.3 Å². The molecule has 2 aromatic rings. The molecule has 0 radical (unpaired) electrons. The van der Waals surface area contributed by atoms with Crippen LogP contribution >= 0.6 is 40.7 Å². The van der Waals surface area contributed by atoms with Crippen molar-refractivity contribution in [2.24, 2.45) is 23.7 Å². The molecular weight excluding hydrogens is 1050 g/mol. The van der Waals surface area contributed by atoms with Crippen molar-refractivity contribution in [3.8, 4) is 5.75 Å². The summed E-state index contributed by atoms with van der Waals surface area (Å²) in [4.78, 5) is 119. The number of aromatic nitrogens is 1. The number of carbonyl (C=O) groups is 7. The van der Waals surface area contributed by atoms with Crippen molar-refractivity contribution in [2.75, 3.05) is 45.6 Å². The number of anilines is 1. The van der Waals surface area contributed by atoms with Crippen LogP contribution in [0.15, 0.2) is 23.6 Å². The van der Waals surface area contributed by atoms with Gasteiger partial charge in [0.05, 0.1) is 17.6 Å². The van der Waals surface area contributed by atoms with Crippen LogP contribution in [0.25, 0.3) is 0 Å². The predicted molar refractivity (Wildman–Crippen MR) is 292 cm³/mol. The number of ether oxygens (including phenoxy) is 2. The second-order valence-corrected chi connectivity index (χ2v) is 25.6. The van der Waals surface area contributed by atoms with Crippen LogP contribution in [-0.4, -0.2) is 134 Å². The number of benzene rings is 1. The Hall–Kier alpha value is -4.09. The van der Waals surface area contributed by atoms with E-state index in [4.69, 9.17) is 9.47 Å². The molecule has 1 aromatic carbocycles. The maximum atomic E-state index is 14.4. The lowest BCUT2D eigenvalue weighted by molar-refractivity contribution is -0.149. The van der Waals surface area contributed by atoms with Crippen LogP contribution in [0.5, 0.6) is 5.75 Å². The van der Waals surface area contributed by atoms with Crippen LogP contribution in [0.2, 0.25) is 0 Å². The molecule has 3 rings (SSSR count). The number of likely N-dealkylation sites (tertiary alicyclic amines) is 1. The minimum atomic E-state index is -4.90. The molecule has 1 aliphatic heterocycles. The summed E-state index contributed by atoms with van der Waals surface area (Å²) in [5, 5.41) is 20.1. The van der Waals surface area contributed by atoms with Gasteiger partial charge in [-0.3, -0.25) is 38.5 Å². The number of nitrogens with zero attached hydrogens (tertiary/aromatic N) is 3. The third-order valence-corrected chi connectivity index (χ3v) is 18.2. The highest BCUT2D eigenvalue weighted by molar-refractivity contribution is 8.77. The van der Waals surface area contributed by atoms with Crippen molar-refractivity contribution in [3.63, 3.8) is 0 Å². The van der Waals surface area contributed by atoms with Crippen LogP contribution in [0, 0.1) is 23.7 Å². The molecule has 1 fully saturated rings. The number of thiazole rings is 1. The zero-order valence-corrected chi connectivity index (χ0v) is 48.7. The summed E-state index contributed by atoms with van der Waals surface area (Å²) in [6.45, 7) is 14.8. The minimum Gasteiger partial charge on any atom is -0.481 e. The molecule has 422 valence electrons. The number of ketones is 1. The van der Waals surface area contributed by atoms with Gasteiger partial charge in [-0.1, -0.05) is 75.1 Å². The quantitative estimate of drug-likeness (QED) is 0.0130. The second kappa shape index (κ2) is 31.3. The number of piperidine rings is 1. The van der Waals surface area contributed by atoms with E-state index in [0.717, 1.165) is 37.1 Å². The maximum Gasteiger partial charge on any atom is 0.472 e. The van der Waals surface area contributed by atoms with Gasteiger partial charge in [-0.2, -0.15) is 0 Å². The van der Waals surface area contributed by atoms with Gasteiger partial charge in [-0.25, -0.2) is 14.1 Å². The van der Waals surface area contributed by atoms with Crippen LogP contribution in [0.4, 0.5) is 5.69 Å². The largest absolute Gasteiger partial charge is 0.481 e. The molecule has 24 heteroatoms. The summed E-state index contributed by atoms with van der Waals surface area (Å²) in [6, 6.07) is 3.14. The lowest BCUT2D eigenvalue weighted by Crippen LogP contribution is -2.48. The molecule has 0 aliphatic carbocycles. The molecular formula is C51H81N6O14PS3. The van der Waals surface area contributed by atoms with E-state index in [2.05, 4.69) is 30.4 Å². The first-order chi connectivity index (χ1) is 35.1. The molecule has 2 unspecified atom stereocenters. The second-order valence-electron chi connectivity index (χ2n) is 20.4. The van der Waals surface area contributed by atoms with Gasteiger partial charge in [0.25, 0.3) is 5.91 Å². The molecule has 0 bridgehead atoms. The summed E-state index contributed by atoms with van der Waals surface area (Å²) >= 11 is 1.10. The summed E-state index contributed by atoms with van der Waals surface area (Å²) in [5.41, 5.74) is 0.666. The maximum absolute atomic E-state index is 14.4. The first-order valence-corrected chi connectivity index (χ1v) is 30.3. The number of hydrogen-bond donors (Lipinski definition) is 6. The monoisotopic (exact) mass is 1130 g/mol. The zero-order valence-electron chi connectivity index (χ0n) is 45.4. The molecule has 1 saturated heterocycles. The molecule has 2 heterocycles. The highest BCUT2D eigenvalue weighted by Crippen LogP contribution is 2.40. The van der Waals surface area contributed by atoms with E-state index in [1.807, 2.05) is 48.6 Å². The van der Waals surface area contributed by atoms with Gasteiger partial charge in [0.2, 0.25) is 17.7 Å². The fourth-order valence-electron chi connectivity index (χ4n) is 8.75. The van der Waals surface area contributed by atoms with Gasteiger partial charge in [-0.05, 0) is 95.5 Å². The number of phosphoric ester groups is 1. The van der Waals surface area contributed by atoms with Crippen molar-refractivity contribution >= 4 is 87.8 Å². The minimum absolute atomic E-state index is 0.0144. The number of carboxylic acid groups (broad SMARTS) is 1. The summed E-state index contributed by atoms with van der Waals surface area (Å²) < 4.78 is 27.0. The lowest BCUT2D eigenvalue weighted by Gasteiger charge is -2.37. The highest BCUT2D eigenvalue weighted by atomic mass is 33.1. The number of nitrogens with one attached hydrogen (secondary N) is 3. The average molecular weight is 1130 g/mol. The van der Waals surface area contributed by atoms with Gasteiger partial charge in [0.15, 0.2) is 18.7 Å². The van der Waals surface area contributed by atoms with Crippen molar-refractivity contribution in [3.05, 3.63) is 39.8 Å². The summed E-state index contributed by atoms with van der Waals surface area (Å²) in [7, 11) is 3.58. The molecule has 7 atom stereocenters. The number of likely N-dealkylation sites (N-methyl/N-ethyl adjacent to an activating group) is 1. The van der Waals surface area contributed by atoms with E-state index in [9.17, 15) is 53.0 Å². The van der Waals surface area contributed by atoms with Crippen LogP contribution in [-0.2, 0) is 49.0 Å². The molecule has 1 aliphatic rings. The van der Waals surface area contributed by atoms with E-state index < -0.39 is 62.5 Å². The van der Waals surface area contributed by atoms with Gasteiger partial charge in [0.1, 0.15) is 16.5 Å². The third kappa shape index (κ3) is 22.8. The molecule has 75 heavy (non-hydrogen) atoms. The zero-order chi connectivity index (χ0) is 56.2. The first-order valence-electron chi connectivity index (χ1n) is 25.6. The fraction of sp³-hybridized carbons (Fsp3) is 0.686. The molecule has 6 N–H and O–H groups in total. The van der Waals surface area contributed by atoms with Crippen molar-refractivity contribution in [2.45, 2.75) is 161 Å². The number of carbonyl (C=O) groups excluding carboxylic acids is 6. The van der Waals surface area contributed by atoms with Crippen molar-refractivity contribution in [1.82, 2.24) is 25.4 Å². The Bertz CT molecular complexity index is 2280. The predicted octanol–water partition coefficient (Wildman–Crippen LogP) is 8.03. The number of hydrogen-bond acceptors (Lipinski definition) is 16. The number of amides is 4. The van der Waals surface area contributed by atoms with E-state index >= 15 is 0 Å². The Morgan fingerprint density at radius 3 is 2.36 bits per heavy atom. The van der Waals surface area contributed by atoms with Crippen molar-refractivity contribution in [1.29, 1.82) is 0 Å². The topological polar surface area (TPSA) is 280 Å². The van der Waals surface area contributed by atoms with E-state index in [-0.39, 0.29) is 95.4 Å². The van der Waals surface area contributed by atoms with Gasteiger partial charge in [0, 0.05) is 80.6 Å². The molecule has 0 saturated carbocycles. The van der Waals surface area contributed by atoms with E-state index in [0.29, 0.717) is 42.0 Å². The van der Waals surface area contributed by atoms with Gasteiger partial charge >= 0.3 is 19.8 Å². The van der Waals surface area contributed by atoms with Gasteiger partial charge in [-0.15, -0.1) is 11.3 Å². The number of carboxylic acids is 1. The molecule has 0 spiro atoms. The number of phosphoric acid groups is 1. The van der Waals surface area contributed by atoms with Gasteiger partial charge < -0.3 is 45.2 Å². The lowest BCUT2D eigenvalue weighted by atomic mass is 9.83. The third-order valence-electron chi connectivity index (χ3n) is 13.4. The average Bonchev–Trinajstić information content (AvgIpc) is 3.84. The Morgan fingerprint density at radius 2 is 1.75 bits per heavy atom. The normalized spacial score (nSPS) is 16.7. The van der Waals surface area contributed by atoms with Crippen LogP contribution < -0.4 is 20.7 Å². The Balaban J connectivity index is 1.84. The van der Waals surface area contributed by atoms with Crippen molar-refractivity contribution < 1.29 is 67.0 Å². The molecule has 1 aromatic heterocycles. The standard InChI is InChI=1S/C51H81N6O14PS3/c1-12-32(4)37(27-42(59)40-16-13-14-22-56(40)10)49(63)57(11)41(31(2)3)28-44(71-34(6)58)48-55-39(29-73-48)47(62)53-36(24-33(5)50(64)65)25-35-18-19-43(69-30-70-72(66,67)68)38(26-35)54-46(61)17-15-23-74-75-51(7,8)21-20-45(60)52-9/h18-19,26,29,31-33,36-37,40-41,44H,12-17,20-25,27-28,30H2,1-11H3,(H,52,60)(H,53,62)(H,54,61)(H,64,65)(H2,66,67,68)/t32-,33?,36+,37-,40?,41+,44+/m0/s1. The molecule has 4 amide bonds. The Kier molecular flexibility index (Phi) is 27.2. The Morgan fingerprint density at radius 1 is 1.04 bits per heavy atom. The number of rotatable bonds is 33. The summed E-state index contributed by atoms with van der Waals surface area (Å²) in [5.74, 6) is -3.81. The number of aliphatic carboxylic acids is 1. The molecule has 20 nitrogen and oxygen atoms in total. The number of esters is 1. The Labute approximate surface area is 454 Å². The van der Waals surface area contributed by atoms with Crippen LogP contribution in [0.1, 0.15) is 153 Å². The first kappa shape index (κ1) is 65.2. The number of Topliss-reactive ketones (excluding diaryl/α,β-unsaturated/α-hetero) is 1. The smallest absolute Gasteiger partial charge is 0.472 e. The highest BCUT2D eigenvalue weighted by Gasteiger charge is 2.38. The summed E-state index contributed by atoms with van der Waals surface area (Å²) in [6.07, 6.45) is 4.53. The SMILES string of the molecule is CC[C@H](C)[C@H](CC(=O)C1CCCCN1C)C(=O)N(C)[C@H](C[C@@H](OC(C)=O)c1nc(C(=O)N[C@@H](Cc2ccc(OCOP(=O)(O)O)c(NC(=O)CCCSSC(C)(C)CCC(=O)NC)c2)CC(C)C(=O)O)cs1)C(C)C.